The predicted octanol–water partition coefficient (Wildman–Crippen LogP) is 3.24. The van der Waals surface area contributed by atoms with Crippen molar-refractivity contribution in [2.45, 2.75) is 40.5 Å². The Bertz CT molecular complexity index is 197. The third-order valence-electron chi connectivity index (χ3n) is 1.97. The lowest BCUT2D eigenvalue weighted by molar-refractivity contribution is -0.429. The molecule has 0 aromatic carbocycles. The summed E-state index contributed by atoms with van der Waals surface area (Å²) < 4.78 is 0. The Hall–Kier alpha value is -0.860. The van der Waals surface area contributed by atoms with Gasteiger partial charge in [-0.15, -0.1) is 0 Å². The van der Waals surface area contributed by atoms with E-state index in [0.29, 0.717) is 24.0 Å². The molecule has 0 aliphatic carbocycles. The van der Waals surface area contributed by atoms with Crippen LogP contribution in [0.2, 0.25) is 0 Å². The first-order valence-corrected chi connectivity index (χ1v) is 4.82. The Balaban J connectivity index is 4.41. The van der Waals surface area contributed by atoms with Crippen LogP contribution in [-0.4, -0.2) is 4.92 Å². The molecule has 0 saturated carbocycles. The molecular weight excluding hydrogens is 166 g/mol. The molecule has 0 heterocycles. The number of rotatable bonds is 5. The lowest BCUT2D eigenvalue weighted by Crippen LogP contribution is -2.04. The van der Waals surface area contributed by atoms with Gasteiger partial charge < -0.3 is 0 Å². The van der Waals surface area contributed by atoms with E-state index in [-0.39, 0.29) is 4.92 Å². The Morgan fingerprint density at radius 2 is 2.00 bits per heavy atom. The Kier molecular flexibility index (Phi) is 5.35. The van der Waals surface area contributed by atoms with Crippen molar-refractivity contribution in [2.75, 3.05) is 0 Å². The Labute approximate surface area is 80.0 Å². The lowest BCUT2D eigenvalue weighted by atomic mass is 10.0. The zero-order valence-electron chi connectivity index (χ0n) is 8.91. The van der Waals surface area contributed by atoms with Crippen molar-refractivity contribution >= 4 is 0 Å². The van der Waals surface area contributed by atoms with Crippen LogP contribution in [0.5, 0.6) is 0 Å². The van der Waals surface area contributed by atoms with Crippen LogP contribution in [0.4, 0.5) is 0 Å². The summed E-state index contributed by atoms with van der Waals surface area (Å²) in [5, 5.41) is 10.6. The van der Waals surface area contributed by atoms with Gasteiger partial charge in [-0.3, -0.25) is 10.1 Å². The van der Waals surface area contributed by atoms with Crippen LogP contribution in [0.1, 0.15) is 40.5 Å². The summed E-state index contributed by atoms with van der Waals surface area (Å²) in [7, 11) is 0. The minimum atomic E-state index is -0.258. The number of hydrogen-bond acceptors (Lipinski definition) is 2. The van der Waals surface area contributed by atoms with Crippen LogP contribution in [-0.2, 0) is 0 Å². The normalized spacial score (nSPS) is 14.7. The molecule has 0 aliphatic rings. The van der Waals surface area contributed by atoms with E-state index in [1.807, 2.05) is 27.7 Å². The van der Waals surface area contributed by atoms with E-state index in [9.17, 15) is 10.1 Å². The van der Waals surface area contributed by atoms with E-state index in [1.165, 1.54) is 0 Å². The second-order valence-corrected chi connectivity index (χ2v) is 3.90. The van der Waals surface area contributed by atoms with Crippen molar-refractivity contribution in [1.29, 1.82) is 0 Å². The number of nitro groups is 1. The highest BCUT2D eigenvalue weighted by atomic mass is 16.6. The molecule has 0 aromatic rings. The number of allylic oxidation sites excluding steroid dienone is 2. The molecule has 1 atom stereocenters. The molecule has 76 valence electrons. The van der Waals surface area contributed by atoms with Crippen molar-refractivity contribution in [3.05, 3.63) is 21.9 Å². The van der Waals surface area contributed by atoms with Gasteiger partial charge in [0.25, 0.3) is 0 Å². The molecule has 0 aromatic heterocycles. The molecule has 13 heavy (non-hydrogen) atoms. The molecule has 3 nitrogen and oxygen atoms in total. The van der Waals surface area contributed by atoms with Gasteiger partial charge in [0.1, 0.15) is 0 Å². The fourth-order valence-electron chi connectivity index (χ4n) is 1.07. The minimum absolute atomic E-state index is 0.258. The summed E-state index contributed by atoms with van der Waals surface area (Å²) in [4.78, 5) is 10.4. The van der Waals surface area contributed by atoms with Crippen molar-refractivity contribution < 1.29 is 4.92 Å². The quantitative estimate of drug-likeness (QED) is 0.487. The Morgan fingerprint density at radius 1 is 1.46 bits per heavy atom. The highest BCUT2D eigenvalue weighted by molar-refractivity contribution is 4.95. The van der Waals surface area contributed by atoms with Crippen molar-refractivity contribution in [2.24, 2.45) is 11.8 Å². The Morgan fingerprint density at radius 3 is 2.31 bits per heavy atom. The maximum atomic E-state index is 10.6. The van der Waals surface area contributed by atoms with Gasteiger partial charge in [0.15, 0.2) is 0 Å². The molecule has 0 fully saturated rings. The lowest BCUT2D eigenvalue weighted by Gasteiger charge is -2.04. The highest BCUT2D eigenvalue weighted by Crippen LogP contribution is 2.15. The average Bonchev–Trinajstić information content (AvgIpc) is 2.02. The molecule has 1 unspecified atom stereocenters. The van der Waals surface area contributed by atoms with Crippen LogP contribution in [0.15, 0.2) is 11.8 Å². The third kappa shape index (κ3) is 5.39. The summed E-state index contributed by atoms with van der Waals surface area (Å²) in [5.41, 5.74) is 0.365. The van der Waals surface area contributed by atoms with Crippen LogP contribution in [0.3, 0.4) is 0 Å². The summed E-state index contributed by atoms with van der Waals surface area (Å²) in [5.74, 6) is 0.653. The minimum Gasteiger partial charge on any atom is -0.259 e. The van der Waals surface area contributed by atoms with Crippen LogP contribution >= 0.6 is 0 Å². The second kappa shape index (κ2) is 5.73. The van der Waals surface area contributed by atoms with Gasteiger partial charge in [0.2, 0.25) is 5.70 Å². The van der Waals surface area contributed by atoms with Gasteiger partial charge >= 0.3 is 0 Å². The van der Waals surface area contributed by atoms with Crippen molar-refractivity contribution in [3.8, 4) is 0 Å². The van der Waals surface area contributed by atoms with E-state index >= 15 is 0 Å². The first-order chi connectivity index (χ1) is 5.97. The molecule has 3 heteroatoms. The van der Waals surface area contributed by atoms with E-state index in [0.717, 1.165) is 6.42 Å². The van der Waals surface area contributed by atoms with Crippen LogP contribution in [0, 0.1) is 22.0 Å². The van der Waals surface area contributed by atoms with Gasteiger partial charge in [-0.25, -0.2) is 0 Å². The highest BCUT2D eigenvalue weighted by Gasteiger charge is 2.13. The molecule has 0 radical (unpaired) electrons. The SMILES string of the molecule is CCC(C)C=C(CC(C)C)[N+](=O)[O-]. The third-order valence-corrected chi connectivity index (χ3v) is 1.97. The van der Waals surface area contributed by atoms with E-state index in [1.54, 1.807) is 6.08 Å². The molecule has 0 bridgehead atoms. The predicted molar refractivity (Wildman–Crippen MR) is 54.0 cm³/mol. The van der Waals surface area contributed by atoms with Crippen molar-refractivity contribution in [1.82, 2.24) is 0 Å². The monoisotopic (exact) mass is 185 g/mol. The van der Waals surface area contributed by atoms with Gasteiger partial charge in [-0.2, -0.15) is 0 Å². The molecule has 0 saturated heterocycles. The molecule has 0 rings (SSSR count). The largest absolute Gasteiger partial charge is 0.259 e. The molecule has 0 aliphatic heterocycles. The zero-order valence-corrected chi connectivity index (χ0v) is 8.91. The summed E-state index contributed by atoms with van der Waals surface area (Å²) >= 11 is 0. The number of hydrogen-bond donors (Lipinski definition) is 0. The van der Waals surface area contributed by atoms with Gasteiger partial charge in [0.05, 0.1) is 4.92 Å². The van der Waals surface area contributed by atoms with Gasteiger partial charge in [0, 0.05) is 6.42 Å². The van der Waals surface area contributed by atoms with Gasteiger partial charge in [-0.1, -0.05) is 27.7 Å². The van der Waals surface area contributed by atoms with E-state index in [2.05, 4.69) is 0 Å². The molecule has 0 amide bonds. The summed E-state index contributed by atoms with van der Waals surface area (Å²) in [6.07, 6.45) is 3.30. The standard InChI is InChI=1S/C10H19NO2/c1-5-9(4)7-10(11(12)13)6-8(2)3/h7-9H,5-6H2,1-4H3. The van der Waals surface area contributed by atoms with E-state index in [4.69, 9.17) is 0 Å². The van der Waals surface area contributed by atoms with Gasteiger partial charge in [-0.05, 0) is 24.3 Å². The maximum absolute atomic E-state index is 10.6. The smallest absolute Gasteiger partial charge is 0.242 e. The zero-order chi connectivity index (χ0) is 10.4. The maximum Gasteiger partial charge on any atom is 0.242 e. The summed E-state index contributed by atoms with van der Waals surface area (Å²) in [6.45, 7) is 8.03. The molecular formula is C10H19NO2. The van der Waals surface area contributed by atoms with Crippen molar-refractivity contribution in [3.63, 3.8) is 0 Å². The number of nitrogens with zero attached hydrogens (tertiary/aromatic N) is 1. The fraction of sp³-hybridized carbons (Fsp3) is 0.800. The van der Waals surface area contributed by atoms with Crippen LogP contribution in [0.25, 0.3) is 0 Å². The molecule has 0 spiro atoms. The topological polar surface area (TPSA) is 43.1 Å². The second-order valence-electron chi connectivity index (χ2n) is 3.90. The average molecular weight is 185 g/mol. The fourth-order valence-corrected chi connectivity index (χ4v) is 1.07. The molecule has 0 N–H and O–H groups in total. The van der Waals surface area contributed by atoms with Crippen LogP contribution < -0.4 is 0 Å². The first-order valence-electron chi connectivity index (χ1n) is 4.82. The first kappa shape index (κ1) is 12.1. The van der Waals surface area contributed by atoms with E-state index < -0.39 is 0 Å². The summed E-state index contributed by atoms with van der Waals surface area (Å²) in [6, 6.07) is 0.